The molecule has 2 heteroatoms. The number of terminal acetylenes is 1. The number of hydrogen-bond donors (Lipinski definition) is 1. The van der Waals surface area contributed by atoms with Gasteiger partial charge in [0.05, 0.1) is 6.04 Å². The van der Waals surface area contributed by atoms with E-state index in [1.807, 2.05) is 6.08 Å². The second-order valence-electron chi connectivity index (χ2n) is 2.17. The number of ketones is 1. The summed E-state index contributed by atoms with van der Waals surface area (Å²) in [5, 5.41) is 2.90. The minimum absolute atomic E-state index is 0.0648. The molecular formula is C9H13NO. The van der Waals surface area contributed by atoms with Crippen molar-refractivity contribution in [3.05, 3.63) is 12.2 Å². The van der Waals surface area contributed by atoms with E-state index < -0.39 is 0 Å². The summed E-state index contributed by atoms with van der Waals surface area (Å²) in [6.07, 6.45) is 8.97. The van der Waals surface area contributed by atoms with E-state index in [9.17, 15) is 4.79 Å². The monoisotopic (exact) mass is 151 g/mol. The van der Waals surface area contributed by atoms with E-state index >= 15 is 0 Å². The van der Waals surface area contributed by atoms with Crippen molar-refractivity contribution < 1.29 is 4.79 Å². The fourth-order valence-electron chi connectivity index (χ4n) is 0.813. The highest BCUT2D eigenvalue weighted by Crippen LogP contribution is 2.03. The Balaban J connectivity index is 0.000000292. The molecule has 0 aromatic rings. The zero-order valence-electron chi connectivity index (χ0n) is 6.92. The van der Waals surface area contributed by atoms with E-state index in [0.29, 0.717) is 0 Å². The van der Waals surface area contributed by atoms with Gasteiger partial charge in [-0.3, -0.25) is 4.79 Å². The number of nitrogens with one attached hydrogen (secondary N) is 1. The normalized spacial score (nSPS) is 20.5. The number of likely N-dealkylation sites (N-methyl/N-ethyl adjacent to an activating group) is 1. The Morgan fingerprint density at radius 3 is 2.55 bits per heavy atom. The molecule has 1 aliphatic rings. The molecule has 2 nitrogen and oxygen atoms in total. The molecule has 0 amide bonds. The summed E-state index contributed by atoms with van der Waals surface area (Å²) in [7, 11) is 1.80. The molecule has 1 N–H and O–H groups in total. The van der Waals surface area contributed by atoms with Gasteiger partial charge in [0.15, 0.2) is 5.78 Å². The van der Waals surface area contributed by atoms with Crippen LogP contribution in [-0.2, 0) is 4.79 Å². The van der Waals surface area contributed by atoms with E-state index in [1.165, 1.54) is 0 Å². The Bertz CT molecular complexity index is 188. The maximum atomic E-state index is 10.7. The lowest BCUT2D eigenvalue weighted by atomic mass is 10.2. The molecule has 0 aromatic carbocycles. The molecule has 60 valence electrons. The summed E-state index contributed by atoms with van der Waals surface area (Å²) < 4.78 is 0. The molecule has 1 rings (SSSR count). The molecule has 1 atom stereocenters. The molecular weight excluding hydrogens is 138 g/mol. The van der Waals surface area contributed by atoms with Crippen LogP contribution in [0, 0.1) is 12.3 Å². The molecule has 0 saturated heterocycles. The summed E-state index contributed by atoms with van der Waals surface area (Å²) in [5.74, 6) is 2.45. The van der Waals surface area contributed by atoms with Crippen molar-refractivity contribution in [2.75, 3.05) is 7.05 Å². The van der Waals surface area contributed by atoms with Crippen LogP contribution in [-0.4, -0.2) is 18.9 Å². The van der Waals surface area contributed by atoms with Crippen LogP contribution in [0.3, 0.4) is 0 Å². The predicted octanol–water partition coefficient (Wildman–Crippen LogP) is 0.743. The van der Waals surface area contributed by atoms with Crippen LogP contribution in [0.15, 0.2) is 12.2 Å². The van der Waals surface area contributed by atoms with Crippen molar-refractivity contribution in [2.24, 2.45) is 0 Å². The van der Waals surface area contributed by atoms with Crippen molar-refractivity contribution in [1.82, 2.24) is 5.32 Å². The predicted molar refractivity (Wildman–Crippen MR) is 46.1 cm³/mol. The fraction of sp³-hybridized carbons (Fsp3) is 0.444. The molecule has 0 radical (unpaired) electrons. The zero-order chi connectivity index (χ0) is 8.69. The van der Waals surface area contributed by atoms with Crippen LogP contribution in [0.25, 0.3) is 0 Å². The minimum atomic E-state index is 0.0648. The Hall–Kier alpha value is -1.07. The van der Waals surface area contributed by atoms with E-state index in [1.54, 1.807) is 20.0 Å². The number of hydrogen-bond acceptors (Lipinski definition) is 2. The van der Waals surface area contributed by atoms with Crippen LogP contribution >= 0.6 is 0 Å². The number of rotatable bonds is 1. The first kappa shape index (κ1) is 9.93. The van der Waals surface area contributed by atoms with Crippen molar-refractivity contribution in [1.29, 1.82) is 0 Å². The van der Waals surface area contributed by atoms with Crippen LogP contribution in [0.5, 0.6) is 0 Å². The molecule has 0 spiro atoms. The van der Waals surface area contributed by atoms with Crippen LogP contribution < -0.4 is 5.32 Å². The van der Waals surface area contributed by atoms with Crippen molar-refractivity contribution in [3.8, 4) is 12.3 Å². The molecule has 1 unspecified atom stereocenters. The second kappa shape index (κ2) is 5.70. The Labute approximate surface area is 67.7 Å². The van der Waals surface area contributed by atoms with Gasteiger partial charge in [0.2, 0.25) is 0 Å². The molecule has 0 fully saturated rings. The lowest BCUT2D eigenvalue weighted by Crippen LogP contribution is -2.28. The summed E-state index contributed by atoms with van der Waals surface area (Å²) in [5.41, 5.74) is 0. The van der Waals surface area contributed by atoms with Gasteiger partial charge >= 0.3 is 0 Å². The molecule has 1 aliphatic carbocycles. The largest absolute Gasteiger partial charge is 0.310 e. The van der Waals surface area contributed by atoms with Crippen LogP contribution in [0.4, 0.5) is 0 Å². The minimum Gasteiger partial charge on any atom is -0.310 e. The highest BCUT2D eigenvalue weighted by atomic mass is 16.1. The van der Waals surface area contributed by atoms with Crippen molar-refractivity contribution in [2.45, 2.75) is 19.4 Å². The van der Waals surface area contributed by atoms with Crippen LogP contribution in [0.1, 0.15) is 13.3 Å². The quantitative estimate of drug-likeness (QED) is 0.560. The molecule has 0 saturated carbocycles. The van der Waals surface area contributed by atoms with Gasteiger partial charge in [-0.2, -0.15) is 0 Å². The highest BCUT2D eigenvalue weighted by molar-refractivity contribution is 5.96. The summed E-state index contributed by atoms with van der Waals surface area (Å²) >= 11 is 0. The lowest BCUT2D eigenvalue weighted by molar-refractivity contribution is -0.115. The first-order valence-corrected chi connectivity index (χ1v) is 3.51. The van der Waals surface area contributed by atoms with E-state index in [4.69, 9.17) is 0 Å². The third-order valence-corrected chi connectivity index (χ3v) is 1.35. The first-order chi connectivity index (χ1) is 5.26. The number of carbonyl (C=O) groups is 1. The second-order valence-corrected chi connectivity index (χ2v) is 2.17. The number of carbonyl (C=O) groups excluding carboxylic acids is 1. The zero-order valence-corrected chi connectivity index (χ0v) is 6.92. The summed E-state index contributed by atoms with van der Waals surface area (Å²) in [6.45, 7) is 1.65. The van der Waals surface area contributed by atoms with Crippen LogP contribution in [0.2, 0.25) is 0 Å². The third-order valence-electron chi connectivity index (χ3n) is 1.35. The first-order valence-electron chi connectivity index (χ1n) is 3.51. The maximum absolute atomic E-state index is 10.7. The Kier molecular flexibility index (Phi) is 5.14. The van der Waals surface area contributed by atoms with Gasteiger partial charge in [-0.25, -0.2) is 0 Å². The standard InChI is InChI=1S/C6H9NO.C3H4/c1-7-5-3-2-4-6(5)8;1-3-2/h2,4-5,7H,3H2,1H3;1H,2H3. The van der Waals surface area contributed by atoms with Crippen molar-refractivity contribution >= 4 is 5.78 Å². The van der Waals surface area contributed by atoms with E-state index in [-0.39, 0.29) is 11.8 Å². The van der Waals surface area contributed by atoms with E-state index in [0.717, 1.165) is 6.42 Å². The summed E-state index contributed by atoms with van der Waals surface area (Å²) in [4.78, 5) is 10.7. The molecule has 11 heavy (non-hydrogen) atoms. The van der Waals surface area contributed by atoms with Gasteiger partial charge in [-0.15, -0.1) is 12.3 Å². The SMILES string of the molecule is C#CC.CNC1CC=CC1=O. The van der Waals surface area contributed by atoms with Gasteiger partial charge in [0, 0.05) is 0 Å². The van der Waals surface area contributed by atoms with Gasteiger partial charge in [-0.05, 0) is 26.5 Å². The van der Waals surface area contributed by atoms with Gasteiger partial charge in [0.1, 0.15) is 0 Å². The molecule has 0 aromatic heterocycles. The average Bonchev–Trinajstić information content (AvgIpc) is 2.36. The molecule has 0 aliphatic heterocycles. The van der Waals surface area contributed by atoms with E-state index in [2.05, 4.69) is 17.7 Å². The maximum Gasteiger partial charge on any atom is 0.172 e. The lowest BCUT2D eigenvalue weighted by Gasteiger charge is -2.02. The van der Waals surface area contributed by atoms with Crippen molar-refractivity contribution in [3.63, 3.8) is 0 Å². The topological polar surface area (TPSA) is 29.1 Å². The highest BCUT2D eigenvalue weighted by Gasteiger charge is 2.15. The third kappa shape index (κ3) is 3.59. The molecule has 0 heterocycles. The average molecular weight is 151 g/mol. The molecule has 0 bridgehead atoms. The fourth-order valence-corrected chi connectivity index (χ4v) is 0.813. The van der Waals surface area contributed by atoms with Gasteiger partial charge < -0.3 is 5.32 Å². The smallest absolute Gasteiger partial charge is 0.172 e. The van der Waals surface area contributed by atoms with Gasteiger partial charge in [-0.1, -0.05) is 6.08 Å². The Morgan fingerprint density at radius 2 is 2.36 bits per heavy atom. The Morgan fingerprint density at radius 1 is 1.82 bits per heavy atom. The summed E-state index contributed by atoms with van der Waals surface area (Å²) in [6, 6.07) is 0.0648. The van der Waals surface area contributed by atoms with Gasteiger partial charge in [0.25, 0.3) is 0 Å².